The number of hydrogen-bond acceptors (Lipinski definition) is 9. The van der Waals surface area contributed by atoms with Crippen LogP contribution in [0.15, 0.2) is 36.4 Å². The van der Waals surface area contributed by atoms with Crippen LogP contribution in [0.1, 0.15) is 44.7 Å². The highest BCUT2D eigenvalue weighted by molar-refractivity contribution is 6.31. The summed E-state index contributed by atoms with van der Waals surface area (Å²) in [5.74, 6) is -11.6. The number of rotatable bonds is 4. The number of nitrogens with zero attached hydrogens (tertiary/aromatic N) is 1. The minimum absolute atomic E-state index is 0.000619. The van der Waals surface area contributed by atoms with E-state index in [-0.39, 0.29) is 29.5 Å². The van der Waals surface area contributed by atoms with Crippen LogP contribution in [0.25, 0.3) is 0 Å². The van der Waals surface area contributed by atoms with Gasteiger partial charge in [0.05, 0.1) is 17.0 Å². The van der Waals surface area contributed by atoms with Gasteiger partial charge in [-0.1, -0.05) is 30.3 Å². The lowest BCUT2D eigenvalue weighted by Gasteiger charge is -2.48. The van der Waals surface area contributed by atoms with Gasteiger partial charge in [-0.3, -0.25) is 28.8 Å². The van der Waals surface area contributed by atoms with Crippen LogP contribution in [0.4, 0.5) is 5.69 Å². The van der Waals surface area contributed by atoms with Gasteiger partial charge in [-0.05, 0) is 30.4 Å². The summed E-state index contributed by atoms with van der Waals surface area (Å²) < 4.78 is 0. The highest BCUT2D eigenvalue weighted by Gasteiger charge is 2.66. The number of primary amides is 1. The Balaban J connectivity index is 1.64. The minimum Gasteiger partial charge on any atom is -0.506 e. The molecule has 2 aromatic rings. The van der Waals surface area contributed by atoms with E-state index in [0.717, 1.165) is 0 Å². The molecular weight excluding hydrogens is 492 g/mol. The smallest absolute Gasteiger partial charge is 0.235 e. The molecule has 0 aromatic heterocycles. The Morgan fingerprint density at radius 3 is 2.29 bits per heavy atom. The zero-order chi connectivity index (χ0) is 27.7. The maximum Gasteiger partial charge on any atom is 0.235 e. The molecule has 5 atom stereocenters. The van der Waals surface area contributed by atoms with Gasteiger partial charge in [0.15, 0.2) is 40.4 Å². The number of amides is 1. The lowest BCUT2D eigenvalue weighted by Crippen LogP contribution is -2.68. The summed E-state index contributed by atoms with van der Waals surface area (Å²) in [5.41, 5.74) is 3.38. The monoisotopic (exact) mass is 518 g/mol. The molecule has 0 bridgehead atoms. The molecule has 0 spiro atoms. The maximum atomic E-state index is 13.9. The van der Waals surface area contributed by atoms with Crippen molar-refractivity contribution in [1.29, 1.82) is 0 Å². The Morgan fingerprint density at radius 2 is 1.68 bits per heavy atom. The summed E-state index contributed by atoms with van der Waals surface area (Å²) >= 11 is 0. The van der Waals surface area contributed by atoms with Crippen molar-refractivity contribution in [2.75, 3.05) is 19.0 Å². The van der Waals surface area contributed by atoms with Crippen molar-refractivity contribution in [3.63, 3.8) is 0 Å². The number of Topliss-reactive ketones (excluding diaryl/α,β-unsaturated/α-hetero) is 4. The first-order valence-corrected chi connectivity index (χ1v) is 12.2. The SMILES string of the molecule is CN(C)c1cc(C(=O)c2ccccc2)c(O)c2c1C[C@H]1C[C@H]3CC(=O)C(C(N)=O)C(=O)[C@@]3(O)C(=O)C1C2=O. The second-order valence-corrected chi connectivity index (χ2v) is 10.5. The van der Waals surface area contributed by atoms with E-state index < -0.39 is 76.3 Å². The van der Waals surface area contributed by atoms with Crippen molar-refractivity contribution >= 4 is 40.5 Å². The number of aliphatic hydroxyl groups is 1. The van der Waals surface area contributed by atoms with Crippen LogP contribution in [-0.2, 0) is 25.6 Å². The number of phenols is 1. The Hall–Kier alpha value is -4.18. The van der Waals surface area contributed by atoms with Crippen molar-refractivity contribution in [2.45, 2.75) is 24.9 Å². The molecule has 0 heterocycles. The van der Waals surface area contributed by atoms with E-state index in [1.165, 1.54) is 6.07 Å². The quantitative estimate of drug-likeness (QED) is 0.387. The third-order valence-electron chi connectivity index (χ3n) is 8.14. The molecule has 5 rings (SSSR count). The van der Waals surface area contributed by atoms with Gasteiger partial charge in [-0.15, -0.1) is 0 Å². The molecule has 2 aromatic carbocycles. The molecule has 4 N–H and O–H groups in total. The number of ketones is 5. The van der Waals surface area contributed by atoms with Gasteiger partial charge >= 0.3 is 0 Å². The summed E-state index contributed by atoms with van der Waals surface area (Å²) in [5, 5.41) is 22.5. The summed E-state index contributed by atoms with van der Waals surface area (Å²) in [6.45, 7) is 0. The van der Waals surface area contributed by atoms with Crippen molar-refractivity contribution in [3.8, 4) is 5.75 Å². The Bertz CT molecular complexity index is 1450. The molecule has 0 saturated heterocycles. The van der Waals surface area contributed by atoms with Crippen LogP contribution in [0.3, 0.4) is 0 Å². The zero-order valence-corrected chi connectivity index (χ0v) is 20.8. The molecule has 10 nitrogen and oxygen atoms in total. The third-order valence-corrected chi connectivity index (χ3v) is 8.14. The molecule has 0 radical (unpaired) electrons. The fourth-order valence-electron chi connectivity index (χ4n) is 6.33. The van der Waals surface area contributed by atoms with Gasteiger partial charge in [0.2, 0.25) is 5.91 Å². The predicted molar refractivity (Wildman–Crippen MR) is 133 cm³/mol. The maximum absolute atomic E-state index is 13.9. The van der Waals surface area contributed by atoms with Crippen LogP contribution in [0.2, 0.25) is 0 Å². The van der Waals surface area contributed by atoms with Gasteiger partial charge in [-0.25, -0.2) is 0 Å². The lowest BCUT2D eigenvalue weighted by atomic mass is 9.53. The van der Waals surface area contributed by atoms with E-state index in [1.807, 2.05) is 0 Å². The number of benzene rings is 2. The molecule has 1 amide bonds. The standard InChI is InChI=1S/C28H26N2O8/c1-30(2)17-11-16(22(32)12-6-4-3-5-7-12)23(33)20-15(17)9-13-8-14-10-18(31)21(27(29)37)26(36)28(14,38)25(35)19(13)24(20)34/h3-7,11,13-14,19,21,33,38H,8-10H2,1-2H3,(H2,29,37)/t13-,14+,19?,21?,28+/m1/s1. The van der Waals surface area contributed by atoms with Gasteiger partial charge in [0.1, 0.15) is 5.75 Å². The molecule has 3 aliphatic carbocycles. The Kier molecular flexibility index (Phi) is 5.83. The van der Waals surface area contributed by atoms with E-state index in [0.29, 0.717) is 11.3 Å². The fourth-order valence-corrected chi connectivity index (χ4v) is 6.33. The second-order valence-electron chi connectivity index (χ2n) is 10.5. The highest BCUT2D eigenvalue weighted by atomic mass is 16.3. The topological polar surface area (TPSA) is 172 Å². The van der Waals surface area contributed by atoms with Crippen LogP contribution < -0.4 is 10.6 Å². The first-order chi connectivity index (χ1) is 17.9. The summed E-state index contributed by atoms with van der Waals surface area (Å²) in [7, 11) is 3.43. The van der Waals surface area contributed by atoms with Crippen molar-refractivity contribution in [2.24, 2.45) is 29.4 Å². The average molecular weight is 519 g/mol. The van der Waals surface area contributed by atoms with Crippen molar-refractivity contribution in [3.05, 3.63) is 58.7 Å². The number of fused-ring (bicyclic) bond motifs is 3. The van der Waals surface area contributed by atoms with Crippen molar-refractivity contribution in [1.82, 2.24) is 0 Å². The number of hydrogen-bond donors (Lipinski definition) is 3. The van der Waals surface area contributed by atoms with Gasteiger partial charge in [0.25, 0.3) is 0 Å². The van der Waals surface area contributed by atoms with Crippen LogP contribution in [0, 0.1) is 23.7 Å². The summed E-state index contributed by atoms with van der Waals surface area (Å²) in [6.07, 6.45) is -0.270. The van der Waals surface area contributed by atoms with Crippen LogP contribution in [0.5, 0.6) is 5.75 Å². The number of carbonyl (C=O) groups is 6. The van der Waals surface area contributed by atoms with Crippen molar-refractivity contribution < 1.29 is 39.0 Å². The zero-order valence-electron chi connectivity index (χ0n) is 20.8. The predicted octanol–water partition coefficient (Wildman–Crippen LogP) is 0.624. The Morgan fingerprint density at radius 1 is 1.03 bits per heavy atom. The minimum atomic E-state index is -2.72. The number of anilines is 1. The van der Waals surface area contributed by atoms with E-state index in [1.54, 1.807) is 49.3 Å². The normalized spacial score (nSPS) is 28.3. The third kappa shape index (κ3) is 3.43. The van der Waals surface area contributed by atoms with E-state index in [4.69, 9.17) is 5.73 Å². The van der Waals surface area contributed by atoms with Crippen LogP contribution >= 0.6 is 0 Å². The largest absolute Gasteiger partial charge is 0.506 e. The van der Waals surface area contributed by atoms with Crippen LogP contribution in [-0.4, -0.2) is 64.7 Å². The molecule has 2 unspecified atom stereocenters. The second kappa shape index (κ2) is 8.70. The van der Waals surface area contributed by atoms with Gasteiger partial charge < -0.3 is 20.8 Å². The average Bonchev–Trinajstić information content (AvgIpc) is 2.86. The summed E-state index contributed by atoms with van der Waals surface area (Å²) in [4.78, 5) is 79.9. The first-order valence-electron chi connectivity index (χ1n) is 12.2. The molecule has 2 fully saturated rings. The van der Waals surface area contributed by atoms with Gasteiger partial charge in [0, 0.05) is 37.7 Å². The molecule has 0 aliphatic heterocycles. The van der Waals surface area contributed by atoms with Gasteiger partial charge in [-0.2, -0.15) is 0 Å². The number of aromatic hydroxyl groups is 1. The Labute approximate surface area is 217 Å². The number of carbonyl (C=O) groups excluding carboxylic acids is 6. The lowest BCUT2D eigenvalue weighted by molar-refractivity contribution is -0.175. The molecule has 2 saturated carbocycles. The summed E-state index contributed by atoms with van der Waals surface area (Å²) in [6, 6.07) is 9.69. The number of phenolic OH excluding ortho intramolecular Hbond substituents is 1. The molecular formula is C28H26N2O8. The molecule has 38 heavy (non-hydrogen) atoms. The molecule has 3 aliphatic rings. The highest BCUT2D eigenvalue weighted by Crippen LogP contribution is 2.51. The fraction of sp³-hybridized carbons (Fsp3) is 0.357. The number of nitrogens with two attached hydrogens (primary N) is 1. The van der Waals surface area contributed by atoms with E-state index in [9.17, 15) is 39.0 Å². The van der Waals surface area contributed by atoms with E-state index >= 15 is 0 Å². The molecule has 196 valence electrons. The first kappa shape index (κ1) is 25.5. The molecule has 10 heteroatoms. The van der Waals surface area contributed by atoms with E-state index in [2.05, 4.69) is 0 Å².